The van der Waals surface area contributed by atoms with Crippen LogP contribution in [0.2, 0.25) is 18.1 Å². The van der Waals surface area contributed by atoms with E-state index in [9.17, 15) is 0 Å². The van der Waals surface area contributed by atoms with Crippen molar-refractivity contribution in [3.8, 4) is 0 Å². The molecule has 15 heavy (non-hydrogen) atoms. The van der Waals surface area contributed by atoms with Crippen molar-refractivity contribution in [1.82, 2.24) is 0 Å². The van der Waals surface area contributed by atoms with E-state index in [1.54, 1.807) is 0 Å². The van der Waals surface area contributed by atoms with Gasteiger partial charge in [0.05, 0.1) is 0 Å². The normalized spacial score (nSPS) is 32.6. The molecule has 2 heteroatoms. The molecule has 1 aliphatic rings. The maximum absolute atomic E-state index is 6.29. The third-order valence-corrected chi connectivity index (χ3v) is 8.75. The smallest absolute Gasteiger partial charge is 0.192 e. The Bertz CT molecular complexity index is 221. The Hall–Kier alpha value is 0.177. The van der Waals surface area contributed by atoms with Crippen LogP contribution in [0.1, 0.15) is 47.5 Å². The maximum atomic E-state index is 6.29. The Morgan fingerprint density at radius 2 is 1.73 bits per heavy atom. The highest BCUT2D eigenvalue weighted by atomic mass is 28.4. The zero-order valence-electron chi connectivity index (χ0n) is 11.6. The molecule has 1 aliphatic carbocycles. The van der Waals surface area contributed by atoms with E-state index in [-0.39, 0.29) is 0 Å². The largest absolute Gasteiger partial charge is 0.416 e. The van der Waals surface area contributed by atoms with Crippen molar-refractivity contribution >= 4 is 8.32 Å². The first kappa shape index (κ1) is 13.2. The van der Waals surface area contributed by atoms with Crippen molar-refractivity contribution in [1.29, 1.82) is 0 Å². The molecule has 0 aromatic rings. The van der Waals surface area contributed by atoms with E-state index in [0.29, 0.717) is 10.5 Å². The predicted molar refractivity (Wildman–Crippen MR) is 69.7 cm³/mol. The molecule has 0 amide bonds. The number of rotatable bonds is 3. The van der Waals surface area contributed by atoms with Gasteiger partial charge >= 0.3 is 0 Å². The van der Waals surface area contributed by atoms with Gasteiger partial charge in [-0.25, -0.2) is 0 Å². The summed E-state index contributed by atoms with van der Waals surface area (Å²) in [6.07, 6.45) is 2.70. The van der Waals surface area contributed by atoms with Crippen molar-refractivity contribution in [2.24, 2.45) is 11.3 Å². The molecular formula is C13H28OSi. The van der Waals surface area contributed by atoms with E-state index in [1.807, 2.05) is 0 Å². The summed E-state index contributed by atoms with van der Waals surface area (Å²) in [7, 11) is -1.52. The lowest BCUT2D eigenvalue weighted by Crippen LogP contribution is -2.46. The second-order valence-electron chi connectivity index (χ2n) is 7.37. The fourth-order valence-electron chi connectivity index (χ4n) is 2.31. The number of hydrogen-bond acceptors (Lipinski definition) is 1. The van der Waals surface area contributed by atoms with E-state index >= 15 is 0 Å². The summed E-state index contributed by atoms with van der Waals surface area (Å²) in [5.74, 6) is 0.915. The van der Waals surface area contributed by atoms with Crippen molar-refractivity contribution in [3.05, 3.63) is 0 Å². The summed E-state index contributed by atoms with van der Waals surface area (Å²) in [5.41, 5.74) is 0.481. The molecule has 90 valence electrons. The quantitative estimate of drug-likeness (QED) is 0.649. The summed E-state index contributed by atoms with van der Waals surface area (Å²) in [6, 6.07) is 0. The number of hydrogen-bond donors (Lipinski definition) is 0. The third-order valence-electron chi connectivity index (χ3n) is 4.27. The highest BCUT2D eigenvalue weighted by Crippen LogP contribution is 2.46. The highest BCUT2D eigenvalue weighted by Gasteiger charge is 2.42. The maximum Gasteiger partial charge on any atom is 0.192 e. The Kier molecular flexibility index (Phi) is 3.43. The second kappa shape index (κ2) is 3.88. The van der Waals surface area contributed by atoms with Crippen LogP contribution in [0.3, 0.4) is 0 Å². The van der Waals surface area contributed by atoms with E-state index in [4.69, 9.17) is 4.43 Å². The monoisotopic (exact) mass is 228 g/mol. The van der Waals surface area contributed by atoms with Crippen LogP contribution in [-0.4, -0.2) is 14.9 Å². The topological polar surface area (TPSA) is 9.23 Å². The molecule has 1 saturated carbocycles. The van der Waals surface area contributed by atoms with E-state index < -0.39 is 8.32 Å². The first-order valence-electron chi connectivity index (χ1n) is 6.20. The predicted octanol–water partition coefficient (Wildman–Crippen LogP) is 4.44. The molecule has 0 aromatic heterocycles. The van der Waals surface area contributed by atoms with Gasteiger partial charge in [0.2, 0.25) is 0 Å². The van der Waals surface area contributed by atoms with Crippen LogP contribution in [0.15, 0.2) is 0 Å². The van der Waals surface area contributed by atoms with Gasteiger partial charge in [-0.05, 0) is 42.3 Å². The minimum Gasteiger partial charge on any atom is -0.416 e. The van der Waals surface area contributed by atoms with Gasteiger partial charge < -0.3 is 4.43 Å². The van der Waals surface area contributed by atoms with Gasteiger partial charge in [0.15, 0.2) is 8.32 Å². The Balaban J connectivity index is 2.43. The molecule has 1 nitrogen and oxygen atoms in total. The summed E-state index contributed by atoms with van der Waals surface area (Å²) in [4.78, 5) is 0. The lowest BCUT2D eigenvalue weighted by Gasteiger charge is -2.47. The first-order valence-corrected chi connectivity index (χ1v) is 9.11. The molecule has 0 aromatic carbocycles. The van der Waals surface area contributed by atoms with Gasteiger partial charge in [0.1, 0.15) is 0 Å². The zero-order valence-corrected chi connectivity index (χ0v) is 12.6. The molecule has 0 bridgehead atoms. The average molecular weight is 228 g/mol. The first-order chi connectivity index (χ1) is 6.56. The van der Waals surface area contributed by atoms with Crippen LogP contribution < -0.4 is 0 Å². The van der Waals surface area contributed by atoms with Crippen LogP contribution in [0, 0.1) is 11.3 Å². The molecule has 0 N–H and O–H groups in total. The molecule has 1 rings (SSSR count). The standard InChI is InChI=1S/C13H28OSi/c1-11-8-13(5,9-11)10-14-15(6,7)12(2,3)4/h11H,8-10H2,1-7H3. The minimum absolute atomic E-state index is 0.346. The summed E-state index contributed by atoms with van der Waals surface area (Å²) in [6.45, 7) is 17.3. The third kappa shape index (κ3) is 3.07. The lowest BCUT2D eigenvalue weighted by atomic mass is 9.64. The molecule has 0 atom stereocenters. The lowest BCUT2D eigenvalue weighted by molar-refractivity contribution is 0.0249. The van der Waals surface area contributed by atoms with Gasteiger partial charge in [-0.2, -0.15) is 0 Å². The van der Waals surface area contributed by atoms with Gasteiger partial charge in [0, 0.05) is 6.61 Å². The van der Waals surface area contributed by atoms with Crippen molar-refractivity contribution in [2.75, 3.05) is 6.61 Å². The van der Waals surface area contributed by atoms with Crippen molar-refractivity contribution in [3.63, 3.8) is 0 Å². The highest BCUT2D eigenvalue weighted by molar-refractivity contribution is 6.74. The zero-order chi connectivity index (χ0) is 11.9. The van der Waals surface area contributed by atoms with E-state index in [2.05, 4.69) is 47.7 Å². The van der Waals surface area contributed by atoms with Crippen LogP contribution in [0.25, 0.3) is 0 Å². The summed E-state index contributed by atoms with van der Waals surface area (Å²) in [5, 5.41) is 0.346. The molecular weight excluding hydrogens is 200 g/mol. The summed E-state index contributed by atoms with van der Waals surface area (Å²) < 4.78 is 6.29. The molecule has 1 fully saturated rings. The summed E-state index contributed by atoms with van der Waals surface area (Å²) >= 11 is 0. The van der Waals surface area contributed by atoms with E-state index in [1.165, 1.54) is 12.8 Å². The molecule has 0 unspecified atom stereocenters. The average Bonchev–Trinajstić information content (AvgIpc) is 1.96. The fraction of sp³-hybridized carbons (Fsp3) is 1.00. The minimum atomic E-state index is -1.52. The SMILES string of the molecule is CC1CC(C)(CO[Si](C)(C)C(C)(C)C)C1. The van der Waals surface area contributed by atoms with Crippen LogP contribution in [0.4, 0.5) is 0 Å². The second-order valence-corrected chi connectivity index (χ2v) is 12.2. The molecule has 0 saturated heterocycles. The Morgan fingerprint density at radius 3 is 2.07 bits per heavy atom. The van der Waals surface area contributed by atoms with Gasteiger partial charge in [-0.1, -0.05) is 34.6 Å². The van der Waals surface area contributed by atoms with E-state index in [0.717, 1.165) is 12.5 Å². The Morgan fingerprint density at radius 1 is 1.27 bits per heavy atom. The van der Waals surface area contributed by atoms with Crippen molar-refractivity contribution in [2.45, 2.75) is 65.6 Å². The molecule has 0 spiro atoms. The molecule has 0 heterocycles. The van der Waals surface area contributed by atoms with Gasteiger partial charge in [-0.3, -0.25) is 0 Å². The Labute approximate surface area is 96.7 Å². The van der Waals surface area contributed by atoms with Gasteiger partial charge in [-0.15, -0.1) is 0 Å². The van der Waals surface area contributed by atoms with Crippen LogP contribution in [0.5, 0.6) is 0 Å². The molecule has 0 radical (unpaired) electrons. The molecule has 0 aliphatic heterocycles. The van der Waals surface area contributed by atoms with Crippen LogP contribution >= 0.6 is 0 Å². The van der Waals surface area contributed by atoms with Crippen molar-refractivity contribution < 1.29 is 4.43 Å². The van der Waals surface area contributed by atoms with Crippen LogP contribution in [-0.2, 0) is 4.43 Å². The van der Waals surface area contributed by atoms with Gasteiger partial charge in [0.25, 0.3) is 0 Å². The fourth-order valence-corrected chi connectivity index (χ4v) is 3.45.